The number of rotatable bonds is 6. The van der Waals surface area contributed by atoms with Gasteiger partial charge in [-0.15, -0.1) is 0 Å². The van der Waals surface area contributed by atoms with Crippen LogP contribution in [0.1, 0.15) is 40.3 Å². The third-order valence-corrected chi connectivity index (χ3v) is 4.59. The maximum absolute atomic E-state index is 12.6. The topological polar surface area (TPSA) is 86.9 Å². The van der Waals surface area contributed by atoms with Crippen LogP contribution in [-0.4, -0.2) is 28.6 Å². The lowest BCUT2D eigenvalue weighted by Crippen LogP contribution is -2.27. The molecule has 2 aromatic carbocycles. The van der Waals surface area contributed by atoms with Crippen molar-refractivity contribution in [1.82, 2.24) is 15.5 Å². The Bertz CT molecular complexity index is 1040. The highest BCUT2D eigenvalue weighted by molar-refractivity contribution is 6.30. The first-order valence-electron chi connectivity index (χ1n) is 9.35. The van der Waals surface area contributed by atoms with Crippen molar-refractivity contribution < 1.29 is 9.59 Å². The fourth-order valence-electron chi connectivity index (χ4n) is 2.77. The van der Waals surface area contributed by atoms with E-state index in [-0.39, 0.29) is 11.8 Å². The summed E-state index contributed by atoms with van der Waals surface area (Å²) >= 11 is 6.01. The molecule has 0 saturated carbocycles. The summed E-state index contributed by atoms with van der Waals surface area (Å²) in [6.45, 7) is 6.54. The lowest BCUT2D eigenvalue weighted by Gasteiger charge is -2.11. The summed E-state index contributed by atoms with van der Waals surface area (Å²) in [6, 6.07) is 14.1. The smallest absolute Gasteiger partial charge is 0.273 e. The summed E-state index contributed by atoms with van der Waals surface area (Å²) in [5.41, 5.74) is 3.77. The number of carbonyl (C=O) groups is 2. The van der Waals surface area contributed by atoms with Crippen molar-refractivity contribution in [3.8, 4) is 11.3 Å². The number of hydrogen-bond acceptors (Lipinski definition) is 3. The lowest BCUT2D eigenvalue weighted by atomic mass is 10.1. The highest BCUT2D eigenvalue weighted by Gasteiger charge is 2.14. The fourth-order valence-corrected chi connectivity index (χ4v) is 2.96. The monoisotopic (exact) mass is 410 g/mol. The van der Waals surface area contributed by atoms with Gasteiger partial charge < -0.3 is 10.6 Å². The van der Waals surface area contributed by atoms with Gasteiger partial charge in [0, 0.05) is 28.4 Å². The molecule has 0 bridgehead atoms. The van der Waals surface area contributed by atoms with Crippen molar-refractivity contribution in [3.05, 3.63) is 70.4 Å². The average molecular weight is 411 g/mol. The first kappa shape index (κ1) is 20.6. The molecule has 0 saturated heterocycles. The lowest BCUT2D eigenvalue weighted by molar-refractivity contribution is 0.0948. The molecule has 0 atom stereocenters. The van der Waals surface area contributed by atoms with Gasteiger partial charge in [0.25, 0.3) is 11.8 Å². The van der Waals surface area contributed by atoms with Crippen LogP contribution in [0.4, 0.5) is 5.69 Å². The molecule has 0 radical (unpaired) electrons. The molecule has 3 rings (SSSR count). The first-order valence-corrected chi connectivity index (χ1v) is 9.73. The Hall–Kier alpha value is -3.12. The summed E-state index contributed by atoms with van der Waals surface area (Å²) in [4.78, 5) is 24.8. The second-order valence-electron chi connectivity index (χ2n) is 7.26. The predicted molar refractivity (Wildman–Crippen MR) is 115 cm³/mol. The predicted octanol–water partition coefficient (Wildman–Crippen LogP) is 4.68. The molecule has 29 heavy (non-hydrogen) atoms. The fraction of sp³-hybridized carbons (Fsp3) is 0.227. The zero-order chi connectivity index (χ0) is 21.0. The van der Waals surface area contributed by atoms with E-state index < -0.39 is 0 Å². The number of carbonyl (C=O) groups excluding carboxylic acids is 2. The third kappa shape index (κ3) is 5.23. The number of halogens is 1. The number of benzene rings is 2. The van der Waals surface area contributed by atoms with E-state index in [0.717, 1.165) is 11.1 Å². The van der Waals surface area contributed by atoms with Crippen LogP contribution in [0.25, 0.3) is 11.3 Å². The molecule has 1 aromatic heterocycles. The summed E-state index contributed by atoms with van der Waals surface area (Å²) in [7, 11) is 0. The highest BCUT2D eigenvalue weighted by atomic mass is 35.5. The van der Waals surface area contributed by atoms with Crippen molar-refractivity contribution in [2.75, 3.05) is 11.9 Å². The van der Waals surface area contributed by atoms with Crippen molar-refractivity contribution >= 4 is 29.1 Å². The van der Waals surface area contributed by atoms with Gasteiger partial charge in [-0.05, 0) is 54.8 Å². The van der Waals surface area contributed by atoms with Gasteiger partial charge in [-0.25, -0.2) is 0 Å². The Kier molecular flexibility index (Phi) is 6.34. The molecular weight excluding hydrogens is 388 g/mol. The van der Waals surface area contributed by atoms with Gasteiger partial charge in [0.1, 0.15) is 5.69 Å². The molecule has 0 spiro atoms. The maximum Gasteiger partial charge on any atom is 0.273 e. The molecule has 3 aromatic rings. The number of aryl methyl sites for hydroxylation is 1. The molecule has 2 amide bonds. The summed E-state index contributed by atoms with van der Waals surface area (Å²) in [5, 5.41) is 13.3. The van der Waals surface area contributed by atoms with Gasteiger partial charge >= 0.3 is 0 Å². The van der Waals surface area contributed by atoms with E-state index in [2.05, 4.69) is 20.8 Å². The number of nitrogens with zero attached hydrogens (tertiary/aromatic N) is 1. The van der Waals surface area contributed by atoms with Crippen molar-refractivity contribution in [3.63, 3.8) is 0 Å². The minimum atomic E-state index is -0.314. The highest BCUT2D eigenvalue weighted by Crippen LogP contribution is 2.22. The summed E-state index contributed by atoms with van der Waals surface area (Å²) in [6.07, 6.45) is 0. The molecule has 6 nitrogen and oxygen atoms in total. The van der Waals surface area contributed by atoms with E-state index in [1.54, 1.807) is 36.4 Å². The van der Waals surface area contributed by atoms with Crippen LogP contribution < -0.4 is 10.6 Å². The minimum absolute atomic E-state index is 0.126. The number of nitrogens with one attached hydrogen (secondary N) is 3. The number of H-pyrrole nitrogens is 1. The van der Waals surface area contributed by atoms with Gasteiger partial charge in [0.2, 0.25) is 0 Å². The molecule has 0 fully saturated rings. The number of amides is 2. The third-order valence-electron chi connectivity index (χ3n) is 4.35. The van der Waals surface area contributed by atoms with Gasteiger partial charge in [-0.3, -0.25) is 14.7 Å². The van der Waals surface area contributed by atoms with E-state index >= 15 is 0 Å². The van der Waals surface area contributed by atoms with Crippen LogP contribution in [-0.2, 0) is 0 Å². The molecule has 1 heterocycles. The van der Waals surface area contributed by atoms with Crippen molar-refractivity contribution in [2.45, 2.75) is 20.8 Å². The van der Waals surface area contributed by atoms with Gasteiger partial charge in [-0.1, -0.05) is 37.6 Å². The quantitative estimate of drug-likeness (QED) is 0.551. The Morgan fingerprint density at radius 3 is 2.59 bits per heavy atom. The molecule has 0 aliphatic carbocycles. The van der Waals surface area contributed by atoms with E-state index in [1.807, 2.05) is 32.9 Å². The zero-order valence-corrected chi connectivity index (χ0v) is 17.3. The molecule has 150 valence electrons. The molecule has 0 aliphatic rings. The van der Waals surface area contributed by atoms with Gasteiger partial charge in [-0.2, -0.15) is 5.10 Å². The van der Waals surface area contributed by atoms with Crippen LogP contribution >= 0.6 is 11.6 Å². The zero-order valence-electron chi connectivity index (χ0n) is 16.5. The Morgan fingerprint density at radius 2 is 1.90 bits per heavy atom. The summed E-state index contributed by atoms with van der Waals surface area (Å²) in [5.74, 6) is -0.0601. The van der Waals surface area contributed by atoms with E-state index in [0.29, 0.717) is 40.1 Å². The second-order valence-corrected chi connectivity index (χ2v) is 7.70. The Balaban J connectivity index is 1.70. The number of aromatic amines is 1. The Morgan fingerprint density at radius 1 is 1.10 bits per heavy atom. The van der Waals surface area contributed by atoms with Crippen LogP contribution in [0.2, 0.25) is 5.02 Å². The number of anilines is 1. The SMILES string of the molecule is Cc1cc(C(=O)NCC(C)C)ccc1NC(=O)c1cc(-c2cccc(Cl)c2)n[nH]1. The van der Waals surface area contributed by atoms with E-state index in [9.17, 15) is 9.59 Å². The number of aromatic nitrogens is 2. The van der Waals surface area contributed by atoms with Gasteiger partial charge in [0.05, 0.1) is 5.69 Å². The van der Waals surface area contributed by atoms with E-state index in [1.165, 1.54) is 0 Å². The van der Waals surface area contributed by atoms with Crippen LogP contribution in [0, 0.1) is 12.8 Å². The molecule has 0 unspecified atom stereocenters. The molecule has 3 N–H and O–H groups in total. The number of hydrogen-bond donors (Lipinski definition) is 3. The van der Waals surface area contributed by atoms with Crippen molar-refractivity contribution in [2.24, 2.45) is 5.92 Å². The average Bonchev–Trinajstić information content (AvgIpc) is 3.18. The molecule has 7 heteroatoms. The normalized spacial score (nSPS) is 10.8. The minimum Gasteiger partial charge on any atom is -0.352 e. The first-order chi connectivity index (χ1) is 13.8. The molecular formula is C22H23ClN4O2. The van der Waals surface area contributed by atoms with Crippen LogP contribution in [0.3, 0.4) is 0 Å². The standard InChI is InChI=1S/C22H23ClN4O2/c1-13(2)12-24-21(28)16-7-8-18(14(3)9-16)25-22(29)20-11-19(26-27-20)15-5-4-6-17(23)10-15/h4-11,13H,12H2,1-3H3,(H,24,28)(H,25,29)(H,26,27). The Labute approximate surface area is 174 Å². The van der Waals surface area contributed by atoms with Crippen LogP contribution in [0.5, 0.6) is 0 Å². The van der Waals surface area contributed by atoms with E-state index in [4.69, 9.17) is 11.6 Å². The maximum atomic E-state index is 12.6. The molecule has 0 aliphatic heterocycles. The van der Waals surface area contributed by atoms with Crippen LogP contribution in [0.15, 0.2) is 48.5 Å². The van der Waals surface area contributed by atoms with Gasteiger partial charge in [0.15, 0.2) is 0 Å². The largest absolute Gasteiger partial charge is 0.352 e. The van der Waals surface area contributed by atoms with Crippen molar-refractivity contribution in [1.29, 1.82) is 0 Å². The summed E-state index contributed by atoms with van der Waals surface area (Å²) < 4.78 is 0. The second kappa shape index (κ2) is 8.92.